The smallest absolute Gasteiger partial charge is 0.119 e. The zero-order valence-corrected chi connectivity index (χ0v) is 14.4. The highest BCUT2D eigenvalue weighted by Gasteiger charge is 2.16. The molecule has 2 N–H and O–H groups in total. The lowest BCUT2D eigenvalue weighted by molar-refractivity contribution is 0.193. The largest absolute Gasteiger partial charge is 0.508 e. The molecule has 1 unspecified atom stereocenters. The summed E-state index contributed by atoms with van der Waals surface area (Å²) in [5.41, 5.74) is 3.71. The molecule has 0 aliphatic carbocycles. The molecule has 0 saturated carbocycles. The molecule has 0 aliphatic heterocycles. The van der Waals surface area contributed by atoms with E-state index >= 15 is 0 Å². The van der Waals surface area contributed by atoms with Crippen LogP contribution in [0.1, 0.15) is 18.2 Å². The van der Waals surface area contributed by atoms with Crippen molar-refractivity contribution in [2.75, 3.05) is 7.11 Å². The van der Waals surface area contributed by atoms with Crippen molar-refractivity contribution in [2.45, 2.75) is 26.0 Å². The second-order valence-corrected chi connectivity index (χ2v) is 6.12. The van der Waals surface area contributed by atoms with Crippen molar-refractivity contribution in [3.8, 4) is 22.8 Å². The molecule has 0 spiro atoms. The first-order valence-corrected chi connectivity index (χ1v) is 8.21. The van der Waals surface area contributed by atoms with E-state index < -0.39 is 6.10 Å². The molecule has 0 radical (unpaired) electrons. The summed E-state index contributed by atoms with van der Waals surface area (Å²) in [4.78, 5) is 4.57. The summed E-state index contributed by atoms with van der Waals surface area (Å²) < 4.78 is 7.31. The molecule has 2 aromatic carbocycles. The predicted octanol–water partition coefficient (Wildman–Crippen LogP) is 3.24. The molecule has 0 aliphatic rings. The lowest BCUT2D eigenvalue weighted by Crippen LogP contribution is -2.11. The van der Waals surface area contributed by atoms with Crippen LogP contribution in [0.3, 0.4) is 0 Å². The SMILES string of the molecule is COc1cccc(-c2ncn(Cc3cccc(O)c3)c2CC(C)O)c1. The Morgan fingerprint density at radius 3 is 2.68 bits per heavy atom. The number of nitrogens with zero attached hydrogens (tertiary/aromatic N) is 2. The van der Waals surface area contributed by atoms with E-state index in [1.54, 1.807) is 32.5 Å². The van der Waals surface area contributed by atoms with Gasteiger partial charge in [-0.3, -0.25) is 0 Å². The van der Waals surface area contributed by atoms with Crippen molar-refractivity contribution in [1.82, 2.24) is 9.55 Å². The van der Waals surface area contributed by atoms with Crippen molar-refractivity contribution in [3.05, 3.63) is 66.1 Å². The van der Waals surface area contributed by atoms with Gasteiger partial charge < -0.3 is 19.5 Å². The maximum absolute atomic E-state index is 9.93. The lowest BCUT2D eigenvalue weighted by Gasteiger charge is -2.13. The van der Waals surface area contributed by atoms with Crippen LogP contribution in [0.4, 0.5) is 0 Å². The van der Waals surface area contributed by atoms with Crippen LogP contribution in [-0.4, -0.2) is 33.0 Å². The van der Waals surface area contributed by atoms with Gasteiger partial charge in [-0.05, 0) is 36.8 Å². The maximum atomic E-state index is 9.93. The fourth-order valence-corrected chi connectivity index (χ4v) is 2.90. The summed E-state index contributed by atoms with van der Waals surface area (Å²) in [5, 5.41) is 19.6. The summed E-state index contributed by atoms with van der Waals surface area (Å²) in [6, 6.07) is 14.9. The fourth-order valence-electron chi connectivity index (χ4n) is 2.90. The van der Waals surface area contributed by atoms with Gasteiger partial charge in [-0.2, -0.15) is 0 Å². The number of benzene rings is 2. The Balaban J connectivity index is 2.00. The molecular weight excluding hydrogens is 316 g/mol. The zero-order valence-electron chi connectivity index (χ0n) is 14.4. The number of rotatable bonds is 6. The van der Waals surface area contributed by atoms with Crippen LogP contribution in [0, 0.1) is 0 Å². The van der Waals surface area contributed by atoms with Crippen molar-refractivity contribution < 1.29 is 14.9 Å². The van der Waals surface area contributed by atoms with Gasteiger partial charge in [-0.25, -0.2) is 4.98 Å². The number of methoxy groups -OCH3 is 1. The van der Waals surface area contributed by atoms with Gasteiger partial charge in [0, 0.05) is 24.2 Å². The Hall–Kier alpha value is -2.79. The number of phenols is 1. The standard InChI is InChI=1S/C20H22N2O3/c1-14(23)9-19-20(16-6-4-8-18(11-16)25-2)21-13-22(19)12-15-5-3-7-17(24)10-15/h3-8,10-11,13-14,23-24H,9,12H2,1-2H3. The van der Waals surface area contributed by atoms with E-state index in [2.05, 4.69) is 4.98 Å². The van der Waals surface area contributed by atoms with Crippen LogP contribution in [0.25, 0.3) is 11.3 Å². The molecule has 3 rings (SSSR count). The number of hydrogen-bond acceptors (Lipinski definition) is 4. The average molecular weight is 338 g/mol. The van der Waals surface area contributed by atoms with E-state index in [4.69, 9.17) is 4.74 Å². The molecule has 1 heterocycles. The number of ether oxygens (including phenoxy) is 1. The molecule has 0 amide bonds. The quantitative estimate of drug-likeness (QED) is 0.724. The van der Waals surface area contributed by atoms with Gasteiger partial charge in [0.2, 0.25) is 0 Å². The Morgan fingerprint density at radius 2 is 1.96 bits per heavy atom. The number of aliphatic hydroxyl groups is 1. The van der Waals surface area contributed by atoms with Crippen molar-refractivity contribution in [2.24, 2.45) is 0 Å². The molecule has 1 atom stereocenters. The first-order valence-electron chi connectivity index (χ1n) is 8.21. The van der Waals surface area contributed by atoms with Crippen molar-refractivity contribution >= 4 is 0 Å². The third-order valence-electron chi connectivity index (χ3n) is 4.04. The summed E-state index contributed by atoms with van der Waals surface area (Å²) in [6.45, 7) is 2.34. The van der Waals surface area contributed by atoms with Gasteiger partial charge >= 0.3 is 0 Å². The third kappa shape index (κ3) is 4.00. The highest BCUT2D eigenvalue weighted by atomic mass is 16.5. The van der Waals surface area contributed by atoms with E-state index in [0.717, 1.165) is 28.3 Å². The second kappa shape index (κ2) is 7.40. The zero-order chi connectivity index (χ0) is 17.8. The molecule has 5 heteroatoms. The summed E-state index contributed by atoms with van der Waals surface area (Å²) in [6.07, 6.45) is 1.78. The van der Waals surface area contributed by atoms with Crippen LogP contribution in [0.5, 0.6) is 11.5 Å². The van der Waals surface area contributed by atoms with Crippen molar-refractivity contribution in [3.63, 3.8) is 0 Å². The fraction of sp³-hybridized carbons (Fsp3) is 0.250. The summed E-state index contributed by atoms with van der Waals surface area (Å²) in [5.74, 6) is 1.01. The first kappa shape index (κ1) is 17.0. The highest BCUT2D eigenvalue weighted by Crippen LogP contribution is 2.27. The molecule has 25 heavy (non-hydrogen) atoms. The lowest BCUT2D eigenvalue weighted by atomic mass is 10.1. The topological polar surface area (TPSA) is 67.5 Å². The van der Waals surface area contributed by atoms with Gasteiger partial charge in [-0.1, -0.05) is 24.3 Å². The van der Waals surface area contributed by atoms with Crippen LogP contribution in [0.15, 0.2) is 54.9 Å². The molecule has 5 nitrogen and oxygen atoms in total. The monoisotopic (exact) mass is 338 g/mol. The molecule has 0 fully saturated rings. The normalized spacial score (nSPS) is 12.1. The number of aromatic hydroxyl groups is 1. The average Bonchev–Trinajstić information content (AvgIpc) is 2.97. The van der Waals surface area contributed by atoms with Crippen LogP contribution in [0.2, 0.25) is 0 Å². The van der Waals surface area contributed by atoms with Gasteiger partial charge in [-0.15, -0.1) is 0 Å². The molecule has 130 valence electrons. The van der Waals surface area contributed by atoms with E-state index in [0.29, 0.717) is 13.0 Å². The van der Waals surface area contributed by atoms with E-state index in [9.17, 15) is 10.2 Å². The Labute approximate surface area is 147 Å². The summed E-state index contributed by atoms with van der Waals surface area (Å²) >= 11 is 0. The molecular formula is C20H22N2O3. The minimum Gasteiger partial charge on any atom is -0.508 e. The Bertz CT molecular complexity index is 856. The third-order valence-corrected chi connectivity index (χ3v) is 4.04. The molecule has 3 aromatic rings. The number of phenolic OH excluding ortho intramolecular Hbond substituents is 1. The number of hydrogen-bond donors (Lipinski definition) is 2. The summed E-state index contributed by atoms with van der Waals surface area (Å²) in [7, 11) is 1.64. The van der Waals surface area contributed by atoms with E-state index in [1.807, 2.05) is 41.0 Å². The maximum Gasteiger partial charge on any atom is 0.119 e. The minimum atomic E-state index is -0.482. The minimum absolute atomic E-state index is 0.239. The molecule has 0 bridgehead atoms. The number of aliphatic hydroxyl groups excluding tert-OH is 1. The van der Waals surface area contributed by atoms with Gasteiger partial charge in [0.1, 0.15) is 11.5 Å². The van der Waals surface area contributed by atoms with E-state index in [-0.39, 0.29) is 5.75 Å². The molecule has 1 aromatic heterocycles. The van der Waals surface area contributed by atoms with Crippen LogP contribution >= 0.6 is 0 Å². The van der Waals surface area contributed by atoms with Crippen LogP contribution < -0.4 is 4.74 Å². The van der Waals surface area contributed by atoms with Gasteiger partial charge in [0.25, 0.3) is 0 Å². The number of aromatic nitrogens is 2. The number of imidazole rings is 1. The van der Waals surface area contributed by atoms with Crippen LogP contribution in [-0.2, 0) is 13.0 Å². The Kier molecular flexibility index (Phi) is 5.05. The Morgan fingerprint density at radius 1 is 1.16 bits per heavy atom. The first-order chi connectivity index (χ1) is 12.1. The van der Waals surface area contributed by atoms with Crippen molar-refractivity contribution in [1.29, 1.82) is 0 Å². The predicted molar refractivity (Wildman–Crippen MR) is 96.8 cm³/mol. The molecule has 0 saturated heterocycles. The van der Waals surface area contributed by atoms with Gasteiger partial charge in [0.05, 0.1) is 25.2 Å². The van der Waals surface area contributed by atoms with Gasteiger partial charge in [0.15, 0.2) is 0 Å². The van der Waals surface area contributed by atoms with E-state index in [1.165, 1.54) is 0 Å². The highest BCUT2D eigenvalue weighted by molar-refractivity contribution is 5.64. The second-order valence-electron chi connectivity index (χ2n) is 6.12.